The molecule has 3 aromatic rings. The van der Waals surface area contributed by atoms with Crippen molar-refractivity contribution in [3.05, 3.63) is 53.9 Å². The number of rotatable bonds is 8. The summed E-state index contributed by atoms with van der Waals surface area (Å²) in [5, 5.41) is 11.8. The SMILES string of the molecule is COc1ccc(C[C@@H]2C[C@@H](C(=O)NCc3ccc4c(cnn4C)c3)N(C(=O)[C@@H]3NCCC[C@@H]3C(=O)N3CCCC3)C2)cn1. The van der Waals surface area contributed by atoms with Gasteiger partial charge in [0.1, 0.15) is 6.04 Å². The number of nitrogens with one attached hydrogen (secondary N) is 2. The van der Waals surface area contributed by atoms with Crippen LogP contribution in [-0.2, 0) is 34.4 Å². The number of carbonyl (C=O) groups excluding carboxylic acids is 3. The first-order valence-corrected chi connectivity index (χ1v) is 15.4. The molecular weight excluding hydrogens is 546 g/mol. The van der Waals surface area contributed by atoms with Crippen molar-refractivity contribution < 1.29 is 19.1 Å². The van der Waals surface area contributed by atoms with Crippen LogP contribution in [-0.4, -0.2) is 87.7 Å². The van der Waals surface area contributed by atoms with Crippen LogP contribution in [0, 0.1) is 11.8 Å². The van der Waals surface area contributed by atoms with Gasteiger partial charge in [0.15, 0.2) is 0 Å². The molecule has 6 rings (SSSR count). The van der Waals surface area contributed by atoms with Gasteiger partial charge in [-0.25, -0.2) is 4.98 Å². The Labute approximate surface area is 251 Å². The number of hydrogen-bond donors (Lipinski definition) is 2. The maximum Gasteiger partial charge on any atom is 0.243 e. The molecular formula is C32H41N7O4. The van der Waals surface area contributed by atoms with Gasteiger partial charge in [-0.3, -0.25) is 19.1 Å². The fraction of sp³-hybridized carbons (Fsp3) is 0.531. The number of amides is 3. The molecule has 228 valence electrons. The number of methoxy groups -OCH3 is 1. The summed E-state index contributed by atoms with van der Waals surface area (Å²) in [5.74, 6) is -0.0319. The molecule has 0 saturated carbocycles. The largest absolute Gasteiger partial charge is 0.481 e. The van der Waals surface area contributed by atoms with E-state index in [1.807, 2.05) is 53.2 Å². The summed E-state index contributed by atoms with van der Waals surface area (Å²) >= 11 is 0. The average molecular weight is 588 g/mol. The van der Waals surface area contributed by atoms with Crippen LogP contribution in [0.5, 0.6) is 5.88 Å². The zero-order valence-electron chi connectivity index (χ0n) is 25.0. The Morgan fingerprint density at radius 2 is 1.86 bits per heavy atom. The third kappa shape index (κ3) is 6.22. The Morgan fingerprint density at radius 1 is 1.05 bits per heavy atom. The molecule has 0 bridgehead atoms. The van der Waals surface area contributed by atoms with E-state index in [4.69, 9.17) is 4.74 Å². The summed E-state index contributed by atoms with van der Waals surface area (Å²) in [6.45, 7) is 3.00. The summed E-state index contributed by atoms with van der Waals surface area (Å²) in [6.07, 6.45) is 8.39. The van der Waals surface area contributed by atoms with E-state index in [1.54, 1.807) is 18.2 Å². The Hall–Kier alpha value is -3.99. The monoisotopic (exact) mass is 587 g/mol. The fourth-order valence-electron chi connectivity index (χ4n) is 6.94. The van der Waals surface area contributed by atoms with E-state index in [0.29, 0.717) is 44.8 Å². The van der Waals surface area contributed by atoms with E-state index in [2.05, 4.69) is 20.7 Å². The van der Waals surface area contributed by atoms with Gasteiger partial charge >= 0.3 is 0 Å². The molecule has 3 aliphatic rings. The van der Waals surface area contributed by atoms with Gasteiger partial charge in [-0.15, -0.1) is 0 Å². The van der Waals surface area contributed by atoms with Gasteiger partial charge < -0.3 is 25.2 Å². The predicted molar refractivity (Wildman–Crippen MR) is 161 cm³/mol. The third-order valence-corrected chi connectivity index (χ3v) is 9.24. The van der Waals surface area contributed by atoms with Crippen LogP contribution in [0.25, 0.3) is 10.9 Å². The number of carbonyl (C=O) groups is 3. The molecule has 0 spiro atoms. The molecule has 3 saturated heterocycles. The number of nitrogens with zero attached hydrogens (tertiary/aromatic N) is 5. The number of aromatic nitrogens is 3. The van der Waals surface area contributed by atoms with Crippen molar-refractivity contribution in [1.29, 1.82) is 0 Å². The lowest BCUT2D eigenvalue weighted by atomic mass is 9.88. The number of aryl methyl sites for hydroxylation is 1. The average Bonchev–Trinajstić information content (AvgIpc) is 3.80. The smallest absolute Gasteiger partial charge is 0.243 e. The molecule has 0 aliphatic carbocycles. The van der Waals surface area contributed by atoms with Gasteiger partial charge in [0.2, 0.25) is 23.6 Å². The van der Waals surface area contributed by atoms with Crippen molar-refractivity contribution in [1.82, 2.24) is 35.2 Å². The van der Waals surface area contributed by atoms with Crippen LogP contribution in [0.15, 0.2) is 42.7 Å². The summed E-state index contributed by atoms with van der Waals surface area (Å²) in [7, 11) is 3.49. The van der Waals surface area contributed by atoms with Crippen LogP contribution in [0.2, 0.25) is 0 Å². The Morgan fingerprint density at radius 3 is 2.63 bits per heavy atom. The number of benzene rings is 1. The molecule has 2 N–H and O–H groups in total. The number of pyridine rings is 1. The Kier molecular flexibility index (Phi) is 8.60. The van der Waals surface area contributed by atoms with Crippen LogP contribution in [0.1, 0.15) is 43.2 Å². The van der Waals surface area contributed by atoms with Crippen LogP contribution >= 0.6 is 0 Å². The highest BCUT2D eigenvalue weighted by Crippen LogP contribution is 2.31. The standard InChI is InChI=1S/C32H41N7O4/c1-37-26-9-7-22(15-24(26)19-36-37)18-35-30(40)27-16-23(14-21-8-10-28(43-2)34-17-21)20-39(27)32(42)29-25(6-5-11-33-29)31(41)38-12-3-4-13-38/h7-10,15,17,19,23,25,27,29,33H,3-6,11-14,16,18,20H2,1-2H3,(H,35,40)/t23-,25+,27+,29-/m1/s1. The van der Waals surface area contributed by atoms with Crippen LogP contribution < -0.4 is 15.4 Å². The number of hydrogen-bond acceptors (Lipinski definition) is 7. The number of fused-ring (bicyclic) bond motifs is 1. The topological polar surface area (TPSA) is 122 Å². The van der Waals surface area contributed by atoms with E-state index >= 15 is 0 Å². The zero-order chi connectivity index (χ0) is 29.9. The second-order valence-electron chi connectivity index (χ2n) is 12.1. The van der Waals surface area contributed by atoms with Crippen molar-refractivity contribution >= 4 is 28.6 Å². The van der Waals surface area contributed by atoms with Crippen molar-refractivity contribution in [3.63, 3.8) is 0 Å². The van der Waals surface area contributed by atoms with Gasteiger partial charge in [-0.05, 0) is 74.2 Å². The maximum absolute atomic E-state index is 14.2. The highest BCUT2D eigenvalue weighted by Gasteiger charge is 2.46. The van der Waals surface area contributed by atoms with E-state index in [9.17, 15) is 14.4 Å². The Balaban J connectivity index is 1.19. The summed E-state index contributed by atoms with van der Waals surface area (Å²) in [5.41, 5.74) is 3.02. The molecule has 4 atom stereocenters. The number of piperidine rings is 1. The minimum atomic E-state index is -0.619. The fourth-order valence-corrected chi connectivity index (χ4v) is 6.94. The van der Waals surface area contributed by atoms with Gasteiger partial charge in [0.25, 0.3) is 0 Å². The molecule has 11 heteroatoms. The molecule has 43 heavy (non-hydrogen) atoms. The van der Waals surface area contributed by atoms with Crippen molar-refractivity contribution in [2.75, 3.05) is 33.3 Å². The molecule has 11 nitrogen and oxygen atoms in total. The lowest BCUT2D eigenvalue weighted by Gasteiger charge is -2.36. The second-order valence-corrected chi connectivity index (χ2v) is 12.1. The highest BCUT2D eigenvalue weighted by atomic mass is 16.5. The molecule has 0 radical (unpaired) electrons. The molecule has 0 unspecified atom stereocenters. The van der Waals surface area contributed by atoms with Gasteiger partial charge in [0.05, 0.1) is 30.8 Å². The molecule has 3 fully saturated rings. The van der Waals surface area contributed by atoms with Crippen molar-refractivity contribution in [3.8, 4) is 5.88 Å². The molecule has 2 aromatic heterocycles. The van der Waals surface area contributed by atoms with Gasteiger partial charge in [0, 0.05) is 50.9 Å². The summed E-state index contributed by atoms with van der Waals surface area (Å²) in [6, 6.07) is 8.59. The van der Waals surface area contributed by atoms with E-state index in [0.717, 1.165) is 54.4 Å². The normalized spacial score (nSPS) is 24.0. The molecule has 1 aromatic carbocycles. The van der Waals surface area contributed by atoms with Crippen molar-refractivity contribution in [2.45, 2.75) is 57.2 Å². The van der Waals surface area contributed by atoms with Crippen molar-refractivity contribution in [2.24, 2.45) is 18.9 Å². The number of ether oxygens (including phenoxy) is 1. The lowest BCUT2D eigenvalue weighted by Crippen LogP contribution is -2.59. The maximum atomic E-state index is 14.2. The predicted octanol–water partition coefficient (Wildman–Crippen LogP) is 2.04. The summed E-state index contributed by atoms with van der Waals surface area (Å²) in [4.78, 5) is 49.4. The first kappa shape index (κ1) is 29.1. The quantitative estimate of drug-likeness (QED) is 0.414. The minimum absolute atomic E-state index is 0.0647. The van der Waals surface area contributed by atoms with E-state index in [-0.39, 0.29) is 23.6 Å². The first-order valence-electron chi connectivity index (χ1n) is 15.4. The summed E-state index contributed by atoms with van der Waals surface area (Å²) < 4.78 is 7.02. The second kappa shape index (κ2) is 12.7. The molecule has 3 amide bonds. The molecule has 5 heterocycles. The Bertz CT molecular complexity index is 1470. The highest BCUT2D eigenvalue weighted by molar-refractivity contribution is 5.94. The van der Waals surface area contributed by atoms with Gasteiger partial charge in [-0.2, -0.15) is 5.10 Å². The molecule has 3 aliphatic heterocycles. The zero-order valence-corrected chi connectivity index (χ0v) is 25.0. The van der Waals surface area contributed by atoms with E-state index in [1.165, 1.54) is 0 Å². The minimum Gasteiger partial charge on any atom is -0.481 e. The van der Waals surface area contributed by atoms with E-state index < -0.39 is 18.0 Å². The van der Waals surface area contributed by atoms with Crippen LogP contribution in [0.3, 0.4) is 0 Å². The van der Waals surface area contributed by atoms with Gasteiger partial charge in [-0.1, -0.05) is 12.1 Å². The number of likely N-dealkylation sites (tertiary alicyclic amines) is 2. The third-order valence-electron chi connectivity index (χ3n) is 9.24. The first-order chi connectivity index (χ1) is 20.9. The lowest BCUT2D eigenvalue weighted by molar-refractivity contribution is -0.146. The van der Waals surface area contributed by atoms with Crippen LogP contribution in [0.4, 0.5) is 0 Å².